The van der Waals surface area contributed by atoms with Crippen LogP contribution in [0.15, 0.2) is 39.9 Å². The van der Waals surface area contributed by atoms with Crippen LogP contribution < -0.4 is 17.0 Å². The van der Waals surface area contributed by atoms with Gasteiger partial charge in [-0.25, -0.2) is 4.79 Å². The number of nitrogen functional groups attached to an aromatic ring is 1. The number of aromatic nitrogens is 2. The first-order valence-corrected chi connectivity index (χ1v) is 8.74. The molecule has 2 rings (SSSR count). The summed E-state index contributed by atoms with van der Waals surface area (Å²) >= 11 is 0. The van der Waals surface area contributed by atoms with Crippen LogP contribution in [-0.2, 0) is 16.1 Å². The summed E-state index contributed by atoms with van der Waals surface area (Å²) in [6.45, 7) is 1.32. The summed E-state index contributed by atoms with van der Waals surface area (Å²) in [5.41, 5.74) is 4.18. The molecule has 1 aromatic heterocycles. The summed E-state index contributed by atoms with van der Waals surface area (Å²) in [6.07, 6.45) is 0.289. The number of H-pyrrole nitrogens is 1. The molecule has 0 bridgehead atoms. The van der Waals surface area contributed by atoms with Crippen LogP contribution in [-0.4, -0.2) is 33.7 Å². The van der Waals surface area contributed by atoms with E-state index in [0.29, 0.717) is 12.0 Å². The summed E-state index contributed by atoms with van der Waals surface area (Å²) in [5, 5.41) is 0. The van der Waals surface area contributed by atoms with Gasteiger partial charge in [-0.05, 0) is 6.42 Å². The number of aromatic amines is 1. The molecule has 0 spiro atoms. The molecule has 9 heteroatoms. The first-order chi connectivity index (χ1) is 13.3. The van der Waals surface area contributed by atoms with Gasteiger partial charge in [-0.2, -0.15) is 0 Å². The third-order valence-corrected chi connectivity index (χ3v) is 3.98. The number of ketones is 2. The summed E-state index contributed by atoms with van der Waals surface area (Å²) in [7, 11) is 0. The van der Waals surface area contributed by atoms with E-state index in [0.717, 1.165) is 4.57 Å². The SMILES string of the molecule is CCCn1c(N)c(C(=O)COC(=O)CCC(=O)c2ccccc2)c(=O)[nH]c1=O. The van der Waals surface area contributed by atoms with Gasteiger partial charge in [-0.15, -0.1) is 0 Å². The van der Waals surface area contributed by atoms with Crippen LogP contribution in [0, 0.1) is 0 Å². The highest BCUT2D eigenvalue weighted by Gasteiger charge is 2.20. The molecule has 0 saturated carbocycles. The first-order valence-electron chi connectivity index (χ1n) is 8.74. The van der Waals surface area contributed by atoms with Gasteiger partial charge in [0, 0.05) is 18.5 Å². The molecular formula is C19H21N3O6. The largest absolute Gasteiger partial charge is 0.457 e. The second-order valence-electron chi connectivity index (χ2n) is 6.04. The van der Waals surface area contributed by atoms with Crippen molar-refractivity contribution in [1.29, 1.82) is 0 Å². The van der Waals surface area contributed by atoms with Crippen LogP contribution in [0.5, 0.6) is 0 Å². The highest BCUT2D eigenvalue weighted by atomic mass is 16.5. The lowest BCUT2D eigenvalue weighted by atomic mass is 10.1. The smallest absolute Gasteiger partial charge is 0.329 e. The van der Waals surface area contributed by atoms with Crippen molar-refractivity contribution in [3.05, 3.63) is 62.3 Å². The highest BCUT2D eigenvalue weighted by molar-refractivity contribution is 6.01. The van der Waals surface area contributed by atoms with Crippen molar-refractivity contribution in [3.63, 3.8) is 0 Å². The molecule has 0 radical (unpaired) electrons. The van der Waals surface area contributed by atoms with Crippen LogP contribution in [0.25, 0.3) is 0 Å². The Morgan fingerprint density at radius 3 is 2.39 bits per heavy atom. The zero-order chi connectivity index (χ0) is 20.7. The second-order valence-corrected chi connectivity index (χ2v) is 6.04. The lowest BCUT2D eigenvalue weighted by Crippen LogP contribution is -2.37. The van der Waals surface area contributed by atoms with Crippen molar-refractivity contribution in [3.8, 4) is 0 Å². The average Bonchev–Trinajstić information content (AvgIpc) is 2.68. The number of nitrogens with zero attached hydrogens (tertiary/aromatic N) is 1. The Morgan fingerprint density at radius 1 is 1.07 bits per heavy atom. The standard InChI is InChI=1S/C19H21N3O6/c1-2-10-22-17(20)16(18(26)21-19(22)27)14(24)11-28-15(25)9-8-13(23)12-6-4-3-5-7-12/h3-7H,2,8-11,20H2,1H3,(H,21,26,27). The molecule has 2 aromatic rings. The lowest BCUT2D eigenvalue weighted by Gasteiger charge is -2.11. The number of nitrogens with two attached hydrogens (primary N) is 1. The first kappa shape index (κ1) is 20.8. The van der Waals surface area contributed by atoms with E-state index in [1.165, 1.54) is 0 Å². The summed E-state index contributed by atoms with van der Waals surface area (Å²) in [6, 6.07) is 8.47. The Balaban J connectivity index is 1.97. The number of anilines is 1. The number of rotatable bonds is 9. The number of esters is 1. The molecule has 1 aromatic carbocycles. The molecule has 0 aliphatic heterocycles. The number of benzene rings is 1. The maximum atomic E-state index is 12.3. The Bertz CT molecular complexity index is 991. The van der Waals surface area contributed by atoms with Crippen molar-refractivity contribution >= 4 is 23.4 Å². The van der Waals surface area contributed by atoms with Crippen LogP contribution in [0.2, 0.25) is 0 Å². The molecule has 3 N–H and O–H groups in total. The fourth-order valence-corrected chi connectivity index (χ4v) is 2.58. The highest BCUT2D eigenvalue weighted by Crippen LogP contribution is 2.08. The molecular weight excluding hydrogens is 366 g/mol. The third kappa shape index (κ3) is 5.03. The summed E-state index contributed by atoms with van der Waals surface area (Å²) < 4.78 is 5.93. The zero-order valence-electron chi connectivity index (χ0n) is 15.4. The molecule has 148 valence electrons. The van der Waals surface area contributed by atoms with E-state index in [9.17, 15) is 24.0 Å². The Labute approximate surface area is 160 Å². The van der Waals surface area contributed by atoms with E-state index < -0.39 is 35.2 Å². The van der Waals surface area contributed by atoms with E-state index in [2.05, 4.69) is 0 Å². The molecule has 1 heterocycles. The van der Waals surface area contributed by atoms with Gasteiger partial charge in [0.2, 0.25) is 5.78 Å². The van der Waals surface area contributed by atoms with Crippen LogP contribution >= 0.6 is 0 Å². The van der Waals surface area contributed by atoms with E-state index in [1.807, 2.05) is 4.98 Å². The normalized spacial score (nSPS) is 10.5. The van der Waals surface area contributed by atoms with Crippen LogP contribution in [0.4, 0.5) is 5.82 Å². The number of carbonyl (C=O) groups is 3. The second kappa shape index (κ2) is 9.45. The van der Waals surface area contributed by atoms with Gasteiger partial charge >= 0.3 is 11.7 Å². The Morgan fingerprint density at radius 2 is 1.75 bits per heavy atom. The van der Waals surface area contributed by atoms with E-state index >= 15 is 0 Å². The fourth-order valence-electron chi connectivity index (χ4n) is 2.58. The van der Waals surface area contributed by atoms with Crippen LogP contribution in [0.3, 0.4) is 0 Å². The number of hydrogen-bond acceptors (Lipinski definition) is 7. The van der Waals surface area contributed by atoms with Crippen molar-refractivity contribution < 1.29 is 19.1 Å². The molecule has 28 heavy (non-hydrogen) atoms. The molecule has 0 saturated heterocycles. The number of carbonyl (C=O) groups excluding carboxylic acids is 3. The van der Waals surface area contributed by atoms with Gasteiger partial charge in [0.05, 0.1) is 6.42 Å². The molecule has 9 nitrogen and oxygen atoms in total. The van der Waals surface area contributed by atoms with Crippen molar-refractivity contribution in [2.75, 3.05) is 12.3 Å². The lowest BCUT2D eigenvalue weighted by molar-refractivity contribution is -0.142. The number of ether oxygens (including phenoxy) is 1. The molecule has 0 fully saturated rings. The predicted molar refractivity (Wildman–Crippen MR) is 101 cm³/mol. The molecule has 0 atom stereocenters. The molecule has 0 aliphatic rings. The topological polar surface area (TPSA) is 141 Å². The average molecular weight is 387 g/mol. The minimum atomic E-state index is -0.935. The minimum absolute atomic E-state index is 0.0683. The van der Waals surface area contributed by atoms with Crippen molar-refractivity contribution in [1.82, 2.24) is 9.55 Å². The zero-order valence-corrected chi connectivity index (χ0v) is 15.4. The number of Topliss-reactive ketones (excluding diaryl/α,β-unsaturated/α-hetero) is 2. The number of nitrogens with one attached hydrogen (secondary N) is 1. The molecule has 0 unspecified atom stereocenters. The minimum Gasteiger partial charge on any atom is -0.457 e. The van der Waals surface area contributed by atoms with E-state index in [4.69, 9.17) is 10.5 Å². The van der Waals surface area contributed by atoms with E-state index in [-0.39, 0.29) is 31.0 Å². The Kier molecular flexibility index (Phi) is 7.02. The molecule has 0 aliphatic carbocycles. The third-order valence-electron chi connectivity index (χ3n) is 3.98. The monoisotopic (exact) mass is 387 g/mol. The summed E-state index contributed by atoms with van der Waals surface area (Å²) in [4.78, 5) is 61.7. The maximum absolute atomic E-state index is 12.3. The number of hydrogen-bond donors (Lipinski definition) is 2. The molecule has 0 amide bonds. The van der Waals surface area contributed by atoms with Gasteiger partial charge in [0.25, 0.3) is 5.56 Å². The van der Waals surface area contributed by atoms with Gasteiger partial charge in [0.1, 0.15) is 11.4 Å². The summed E-state index contributed by atoms with van der Waals surface area (Å²) in [5.74, 6) is -2.08. The van der Waals surface area contributed by atoms with Crippen molar-refractivity contribution in [2.45, 2.75) is 32.7 Å². The van der Waals surface area contributed by atoms with Crippen LogP contribution in [0.1, 0.15) is 46.9 Å². The quantitative estimate of drug-likeness (QED) is 0.481. The van der Waals surface area contributed by atoms with Gasteiger partial charge in [-0.3, -0.25) is 28.7 Å². The van der Waals surface area contributed by atoms with E-state index in [1.54, 1.807) is 37.3 Å². The van der Waals surface area contributed by atoms with Gasteiger partial charge in [-0.1, -0.05) is 37.3 Å². The predicted octanol–water partition coefficient (Wildman–Crippen LogP) is 0.918. The van der Waals surface area contributed by atoms with Gasteiger partial charge < -0.3 is 10.5 Å². The fraction of sp³-hybridized carbons (Fsp3) is 0.316. The Hall–Kier alpha value is -3.49. The van der Waals surface area contributed by atoms with Gasteiger partial charge in [0.15, 0.2) is 12.4 Å². The van der Waals surface area contributed by atoms with Crippen molar-refractivity contribution in [2.24, 2.45) is 0 Å². The maximum Gasteiger partial charge on any atom is 0.329 e.